The third-order valence-electron chi connectivity index (χ3n) is 6.78. The third kappa shape index (κ3) is 4.12. The molecule has 2 saturated heterocycles. The highest BCUT2D eigenvalue weighted by atomic mass is 28.4. The molecule has 4 atom stereocenters. The number of hydrogen-bond donors (Lipinski definition) is 0. The molecular weight excluding hydrogens is 415 g/mol. The van der Waals surface area contributed by atoms with Gasteiger partial charge in [-0.3, -0.25) is 0 Å². The van der Waals surface area contributed by atoms with Gasteiger partial charge in [0.15, 0.2) is 0 Å². The van der Waals surface area contributed by atoms with Crippen molar-refractivity contribution in [1.29, 1.82) is 0 Å². The van der Waals surface area contributed by atoms with Crippen LogP contribution in [0.1, 0.15) is 40.5 Å². The normalized spacial score (nSPS) is 27.7. The molecule has 0 N–H and O–H groups in total. The molecule has 0 amide bonds. The Morgan fingerprint density at radius 2 is 1.62 bits per heavy atom. The fourth-order valence-electron chi connectivity index (χ4n) is 5.16. The molecule has 0 aromatic heterocycles. The topological polar surface area (TPSA) is 36.9 Å². The van der Waals surface area contributed by atoms with Crippen molar-refractivity contribution in [2.75, 3.05) is 19.8 Å². The SMILES string of the molecule is [B][C@@H]1O[C@@]2(CO[Si](c3ccccc3)(c3ccccc3)C(C)(C)C)CO[C@H]1C2OCCCC. The molecule has 2 aliphatic heterocycles. The van der Waals surface area contributed by atoms with E-state index >= 15 is 0 Å². The Labute approximate surface area is 195 Å². The van der Waals surface area contributed by atoms with Crippen LogP contribution in [0.2, 0.25) is 5.04 Å². The van der Waals surface area contributed by atoms with Crippen molar-refractivity contribution in [2.45, 2.75) is 69.4 Å². The third-order valence-corrected chi connectivity index (χ3v) is 11.8. The molecule has 2 heterocycles. The quantitative estimate of drug-likeness (QED) is 0.434. The molecule has 2 fully saturated rings. The van der Waals surface area contributed by atoms with Crippen molar-refractivity contribution in [2.24, 2.45) is 0 Å². The summed E-state index contributed by atoms with van der Waals surface area (Å²) < 4.78 is 25.8. The Hall–Kier alpha value is -1.44. The molecule has 32 heavy (non-hydrogen) atoms. The summed E-state index contributed by atoms with van der Waals surface area (Å²) in [5.74, 6) is 0. The van der Waals surface area contributed by atoms with Crippen molar-refractivity contribution >= 4 is 26.5 Å². The van der Waals surface area contributed by atoms with Gasteiger partial charge in [-0.1, -0.05) is 94.8 Å². The second-order valence-electron chi connectivity index (χ2n) is 10.0. The smallest absolute Gasteiger partial charge is 0.261 e. The largest absolute Gasteiger partial charge is 0.404 e. The van der Waals surface area contributed by atoms with E-state index in [0.717, 1.165) is 12.8 Å². The Morgan fingerprint density at radius 1 is 1.03 bits per heavy atom. The monoisotopic (exact) mass is 450 g/mol. The molecule has 2 radical (unpaired) electrons. The van der Waals surface area contributed by atoms with Crippen molar-refractivity contribution in [1.82, 2.24) is 0 Å². The zero-order valence-electron chi connectivity index (χ0n) is 19.8. The van der Waals surface area contributed by atoms with Gasteiger partial charge in [0.25, 0.3) is 8.32 Å². The predicted octanol–water partition coefficient (Wildman–Crippen LogP) is 3.41. The summed E-state index contributed by atoms with van der Waals surface area (Å²) >= 11 is 0. The van der Waals surface area contributed by atoms with Crippen LogP contribution in [0.5, 0.6) is 0 Å². The van der Waals surface area contributed by atoms with Gasteiger partial charge in [-0.2, -0.15) is 0 Å². The first-order valence-electron chi connectivity index (χ1n) is 11.8. The number of benzene rings is 2. The lowest BCUT2D eigenvalue weighted by Gasteiger charge is -2.45. The zero-order valence-corrected chi connectivity index (χ0v) is 20.8. The van der Waals surface area contributed by atoms with Gasteiger partial charge < -0.3 is 18.6 Å². The number of ether oxygens (including phenoxy) is 3. The van der Waals surface area contributed by atoms with E-state index in [1.54, 1.807) is 0 Å². The van der Waals surface area contributed by atoms with Crippen LogP contribution >= 0.6 is 0 Å². The van der Waals surface area contributed by atoms with E-state index < -0.39 is 19.9 Å². The van der Waals surface area contributed by atoms with Gasteiger partial charge in [0.05, 0.1) is 13.2 Å². The first-order valence-corrected chi connectivity index (χ1v) is 13.7. The highest BCUT2D eigenvalue weighted by Gasteiger charge is 2.62. The van der Waals surface area contributed by atoms with Crippen LogP contribution in [0.25, 0.3) is 0 Å². The highest BCUT2D eigenvalue weighted by molar-refractivity contribution is 6.99. The maximum absolute atomic E-state index is 7.15. The van der Waals surface area contributed by atoms with Crippen molar-refractivity contribution in [3.63, 3.8) is 0 Å². The van der Waals surface area contributed by atoms with Crippen LogP contribution in [0.4, 0.5) is 0 Å². The Balaban J connectivity index is 1.71. The summed E-state index contributed by atoms with van der Waals surface area (Å²) in [7, 11) is 3.59. The molecule has 2 aromatic carbocycles. The average molecular weight is 450 g/mol. The fourth-order valence-corrected chi connectivity index (χ4v) is 9.78. The summed E-state index contributed by atoms with van der Waals surface area (Å²) in [6.45, 7) is 10.5. The molecule has 2 aliphatic rings. The second kappa shape index (κ2) is 9.43. The first-order chi connectivity index (χ1) is 15.3. The summed E-state index contributed by atoms with van der Waals surface area (Å²) in [5.41, 5.74) is -0.676. The molecule has 4 rings (SSSR count). The molecule has 4 nitrogen and oxygen atoms in total. The van der Waals surface area contributed by atoms with Crippen LogP contribution in [0.3, 0.4) is 0 Å². The minimum atomic E-state index is -2.68. The van der Waals surface area contributed by atoms with E-state index in [2.05, 4.69) is 88.4 Å². The number of rotatable bonds is 9. The lowest BCUT2D eigenvalue weighted by atomic mass is 9.92. The molecule has 2 aromatic rings. The van der Waals surface area contributed by atoms with Crippen LogP contribution in [0.15, 0.2) is 60.7 Å². The van der Waals surface area contributed by atoms with Crippen LogP contribution < -0.4 is 10.4 Å². The summed E-state index contributed by atoms with van der Waals surface area (Å²) in [6, 6.07) is 20.8. The predicted molar refractivity (Wildman–Crippen MR) is 131 cm³/mol. The van der Waals surface area contributed by atoms with E-state index in [0.29, 0.717) is 19.8 Å². The Bertz CT molecular complexity index is 833. The van der Waals surface area contributed by atoms with Crippen molar-refractivity contribution in [3.8, 4) is 0 Å². The average Bonchev–Trinajstić information content (AvgIpc) is 3.25. The molecule has 2 bridgehead atoms. The minimum Gasteiger partial charge on any atom is -0.404 e. The van der Waals surface area contributed by atoms with Crippen LogP contribution in [-0.4, -0.2) is 59.8 Å². The molecule has 0 saturated carbocycles. The molecule has 170 valence electrons. The standard InChI is InChI=1S/C26H35BO4Si/c1-5-6-17-28-23-22-24(27)31-26(23,18-29-22)19-30-32(25(2,3)4,20-13-9-7-10-14-20)21-15-11-8-12-16-21/h7-16,22-24H,5-6,17-19H2,1-4H3/t22-,23?,24+,26+/m0/s1. The first kappa shape index (κ1) is 23.7. The highest BCUT2D eigenvalue weighted by Crippen LogP contribution is 2.44. The van der Waals surface area contributed by atoms with E-state index in [4.69, 9.17) is 26.5 Å². The second-order valence-corrected chi connectivity index (χ2v) is 14.3. The zero-order chi connectivity index (χ0) is 22.8. The molecule has 0 spiro atoms. The Morgan fingerprint density at radius 3 is 2.12 bits per heavy atom. The van der Waals surface area contributed by atoms with Crippen LogP contribution in [0, 0.1) is 0 Å². The molecule has 0 aliphatic carbocycles. The summed E-state index contributed by atoms with van der Waals surface area (Å²) in [5, 5.41) is 2.39. The number of hydrogen-bond acceptors (Lipinski definition) is 4. The summed E-state index contributed by atoms with van der Waals surface area (Å²) in [6.07, 6.45) is 1.64. The van der Waals surface area contributed by atoms with E-state index in [9.17, 15) is 0 Å². The number of unbranched alkanes of at least 4 members (excludes halogenated alkanes) is 1. The van der Waals surface area contributed by atoms with Crippen molar-refractivity contribution in [3.05, 3.63) is 60.7 Å². The fraction of sp³-hybridized carbons (Fsp3) is 0.538. The molecular formula is C26H35BO4Si. The van der Waals surface area contributed by atoms with Gasteiger partial charge in [-0.15, -0.1) is 0 Å². The van der Waals surface area contributed by atoms with Gasteiger partial charge in [0.1, 0.15) is 25.7 Å². The lowest BCUT2D eigenvalue weighted by molar-refractivity contribution is -0.138. The van der Waals surface area contributed by atoms with Gasteiger partial charge in [0.2, 0.25) is 0 Å². The van der Waals surface area contributed by atoms with Gasteiger partial charge in [0, 0.05) is 12.6 Å². The maximum atomic E-state index is 7.15. The molecule has 1 unspecified atom stereocenters. The van der Waals surface area contributed by atoms with Gasteiger partial charge in [-0.05, 0) is 21.8 Å². The van der Waals surface area contributed by atoms with E-state index in [-0.39, 0.29) is 17.2 Å². The van der Waals surface area contributed by atoms with Crippen molar-refractivity contribution < 1.29 is 18.6 Å². The van der Waals surface area contributed by atoms with Gasteiger partial charge >= 0.3 is 0 Å². The Kier molecular flexibility index (Phi) is 6.99. The molecule has 6 heteroatoms. The minimum absolute atomic E-state index is 0.107. The number of fused-ring (bicyclic) bond motifs is 2. The van der Waals surface area contributed by atoms with E-state index in [1.807, 2.05) is 0 Å². The van der Waals surface area contributed by atoms with E-state index in [1.165, 1.54) is 10.4 Å². The summed E-state index contributed by atoms with van der Waals surface area (Å²) in [4.78, 5) is 0. The van der Waals surface area contributed by atoms with Crippen LogP contribution in [-0.2, 0) is 18.6 Å². The lowest BCUT2D eigenvalue weighted by Crippen LogP contribution is -2.68. The maximum Gasteiger partial charge on any atom is 0.261 e. The van der Waals surface area contributed by atoms with Gasteiger partial charge in [-0.25, -0.2) is 0 Å².